The van der Waals surface area contributed by atoms with Gasteiger partial charge in [0, 0.05) is 6.07 Å². The zero-order valence-corrected chi connectivity index (χ0v) is 11.9. The number of benzene rings is 1. The lowest BCUT2D eigenvalue weighted by atomic mass is 10.2. The molecular formula is C13H17N5O3. The van der Waals surface area contributed by atoms with Gasteiger partial charge in [-0.15, -0.1) is 0 Å². The van der Waals surface area contributed by atoms with Gasteiger partial charge in [0.15, 0.2) is 11.5 Å². The zero-order chi connectivity index (χ0) is 15.2. The molecule has 2 rings (SSSR count). The average molecular weight is 291 g/mol. The van der Waals surface area contributed by atoms with E-state index >= 15 is 0 Å². The number of nitrogens with one attached hydrogen (secondary N) is 1. The quantitative estimate of drug-likeness (QED) is 0.844. The molecule has 1 heterocycles. The highest BCUT2D eigenvalue weighted by atomic mass is 16.5. The number of hydrogen-bond acceptors (Lipinski definition) is 5. The van der Waals surface area contributed by atoms with E-state index in [1.165, 1.54) is 11.2 Å². The molecule has 0 saturated carbocycles. The number of hydrogen-bond donors (Lipinski definition) is 2. The molecule has 0 aliphatic carbocycles. The van der Waals surface area contributed by atoms with Gasteiger partial charge in [-0.05, 0) is 26.0 Å². The summed E-state index contributed by atoms with van der Waals surface area (Å²) in [6, 6.07) is 4.40. The molecule has 0 unspecified atom stereocenters. The van der Waals surface area contributed by atoms with Crippen LogP contribution in [0.2, 0.25) is 0 Å². The number of urea groups is 1. The van der Waals surface area contributed by atoms with Crippen molar-refractivity contribution in [3.05, 3.63) is 24.5 Å². The molecule has 2 aromatic rings. The van der Waals surface area contributed by atoms with Crippen molar-refractivity contribution in [1.82, 2.24) is 15.2 Å². The van der Waals surface area contributed by atoms with Crippen molar-refractivity contribution in [3.8, 4) is 11.5 Å². The van der Waals surface area contributed by atoms with Gasteiger partial charge in [0.2, 0.25) is 5.95 Å². The Morgan fingerprint density at radius 2 is 2.00 bits per heavy atom. The minimum absolute atomic E-state index is 0.231. The molecule has 1 aromatic heterocycles. The summed E-state index contributed by atoms with van der Waals surface area (Å²) in [7, 11) is 0. The summed E-state index contributed by atoms with van der Waals surface area (Å²) in [5.41, 5.74) is 5.91. The lowest BCUT2D eigenvalue weighted by Gasteiger charge is -2.19. The number of carbonyl (C=O) groups excluding carboxylic acids is 1. The molecule has 0 bridgehead atoms. The van der Waals surface area contributed by atoms with Crippen LogP contribution in [0.4, 0.5) is 16.4 Å². The number of anilines is 2. The first kappa shape index (κ1) is 14.6. The van der Waals surface area contributed by atoms with Crippen LogP contribution < -0.4 is 20.1 Å². The van der Waals surface area contributed by atoms with Crippen molar-refractivity contribution in [2.45, 2.75) is 13.8 Å². The molecule has 2 amide bonds. The van der Waals surface area contributed by atoms with Crippen molar-refractivity contribution >= 4 is 17.7 Å². The zero-order valence-electron chi connectivity index (χ0n) is 11.9. The number of primary amides is 1. The highest BCUT2D eigenvalue weighted by molar-refractivity contribution is 5.96. The van der Waals surface area contributed by atoms with Gasteiger partial charge in [-0.25, -0.2) is 14.8 Å². The fourth-order valence-electron chi connectivity index (χ4n) is 1.84. The first-order chi connectivity index (χ1) is 10.2. The van der Waals surface area contributed by atoms with Crippen LogP contribution in [-0.2, 0) is 0 Å². The summed E-state index contributed by atoms with van der Waals surface area (Å²) in [4.78, 5) is 16.8. The molecule has 8 heteroatoms. The van der Waals surface area contributed by atoms with Gasteiger partial charge in [0.25, 0.3) is 0 Å². The molecule has 0 fully saturated rings. The molecule has 0 saturated heterocycles. The van der Waals surface area contributed by atoms with Gasteiger partial charge in [-0.1, -0.05) is 0 Å². The van der Waals surface area contributed by atoms with Crippen LogP contribution in [0, 0.1) is 0 Å². The van der Waals surface area contributed by atoms with Crippen LogP contribution in [0.1, 0.15) is 13.8 Å². The molecule has 1 aromatic carbocycles. The van der Waals surface area contributed by atoms with E-state index in [-0.39, 0.29) is 5.95 Å². The number of carbonyl (C=O) groups is 1. The van der Waals surface area contributed by atoms with E-state index < -0.39 is 6.03 Å². The third kappa shape index (κ3) is 3.22. The van der Waals surface area contributed by atoms with Crippen LogP contribution in [0.3, 0.4) is 0 Å². The van der Waals surface area contributed by atoms with Crippen LogP contribution in [0.15, 0.2) is 24.5 Å². The summed E-state index contributed by atoms with van der Waals surface area (Å²) in [5, 5.41) is 6.32. The average Bonchev–Trinajstić information content (AvgIpc) is 2.95. The lowest BCUT2D eigenvalue weighted by molar-refractivity contribution is 0.255. The van der Waals surface area contributed by atoms with Crippen molar-refractivity contribution in [1.29, 1.82) is 0 Å². The third-order valence-electron chi connectivity index (χ3n) is 2.62. The largest absolute Gasteiger partial charge is 0.490 e. The number of aromatic amines is 1. The van der Waals surface area contributed by atoms with Gasteiger partial charge in [-0.2, -0.15) is 10.1 Å². The first-order valence-corrected chi connectivity index (χ1v) is 6.52. The van der Waals surface area contributed by atoms with Crippen molar-refractivity contribution < 1.29 is 14.3 Å². The second-order valence-electron chi connectivity index (χ2n) is 3.98. The van der Waals surface area contributed by atoms with Gasteiger partial charge >= 0.3 is 6.03 Å². The van der Waals surface area contributed by atoms with E-state index in [0.717, 1.165) is 0 Å². The Morgan fingerprint density at radius 3 is 2.57 bits per heavy atom. The molecule has 21 heavy (non-hydrogen) atoms. The van der Waals surface area contributed by atoms with Gasteiger partial charge < -0.3 is 15.2 Å². The Bertz CT molecular complexity index is 600. The van der Waals surface area contributed by atoms with Crippen LogP contribution in [-0.4, -0.2) is 34.4 Å². The fourth-order valence-corrected chi connectivity index (χ4v) is 1.84. The van der Waals surface area contributed by atoms with E-state index in [2.05, 4.69) is 15.2 Å². The highest BCUT2D eigenvalue weighted by Crippen LogP contribution is 2.33. The second-order valence-corrected chi connectivity index (χ2v) is 3.98. The number of ether oxygens (including phenoxy) is 2. The smallest absolute Gasteiger partial charge is 0.326 e. The summed E-state index contributed by atoms with van der Waals surface area (Å²) in [6.07, 6.45) is 1.29. The van der Waals surface area contributed by atoms with Crippen molar-refractivity contribution in [3.63, 3.8) is 0 Å². The molecule has 0 aliphatic rings. The van der Waals surface area contributed by atoms with Crippen LogP contribution in [0.5, 0.6) is 11.5 Å². The van der Waals surface area contributed by atoms with Gasteiger partial charge in [0.1, 0.15) is 6.33 Å². The number of aromatic nitrogens is 3. The van der Waals surface area contributed by atoms with Gasteiger partial charge in [-0.3, -0.25) is 0 Å². The minimum atomic E-state index is -0.682. The Morgan fingerprint density at radius 1 is 1.29 bits per heavy atom. The number of H-pyrrole nitrogens is 1. The second kappa shape index (κ2) is 6.60. The lowest BCUT2D eigenvalue weighted by Crippen LogP contribution is -2.32. The summed E-state index contributed by atoms with van der Waals surface area (Å²) < 4.78 is 11.0. The Balaban J connectivity index is 2.42. The summed E-state index contributed by atoms with van der Waals surface area (Å²) in [5.74, 6) is 1.36. The number of nitrogens with zero attached hydrogens (tertiary/aromatic N) is 3. The first-order valence-electron chi connectivity index (χ1n) is 6.52. The van der Waals surface area contributed by atoms with Crippen LogP contribution in [0.25, 0.3) is 0 Å². The van der Waals surface area contributed by atoms with Crippen molar-refractivity contribution in [2.24, 2.45) is 5.73 Å². The Labute approximate surface area is 121 Å². The highest BCUT2D eigenvalue weighted by Gasteiger charge is 2.19. The maximum Gasteiger partial charge on any atom is 0.326 e. The van der Waals surface area contributed by atoms with E-state index in [9.17, 15) is 4.79 Å². The van der Waals surface area contributed by atoms with E-state index in [0.29, 0.717) is 30.4 Å². The van der Waals surface area contributed by atoms with E-state index in [1.807, 2.05) is 13.8 Å². The molecule has 112 valence electrons. The Hall–Kier alpha value is -2.77. The number of rotatable bonds is 6. The molecule has 0 spiro atoms. The predicted octanol–water partition coefficient (Wildman–Crippen LogP) is 1.82. The summed E-state index contributed by atoms with van der Waals surface area (Å²) >= 11 is 0. The Kier molecular flexibility index (Phi) is 4.60. The topological polar surface area (TPSA) is 106 Å². The monoisotopic (exact) mass is 291 g/mol. The normalized spacial score (nSPS) is 10.2. The van der Waals surface area contributed by atoms with Gasteiger partial charge in [0.05, 0.1) is 18.9 Å². The molecular weight excluding hydrogens is 274 g/mol. The minimum Gasteiger partial charge on any atom is -0.490 e. The molecule has 0 radical (unpaired) electrons. The summed E-state index contributed by atoms with van der Waals surface area (Å²) in [6.45, 7) is 4.74. The number of amides is 2. The third-order valence-corrected chi connectivity index (χ3v) is 2.62. The standard InChI is InChI=1S/C13H17N5O3/c1-3-20-10-6-5-9(7-11(10)21-4-2)18(12(14)19)13-15-8-16-17-13/h5-8H,3-4H2,1-2H3,(H2,14,19)(H,15,16,17). The van der Waals surface area contributed by atoms with Crippen molar-refractivity contribution in [2.75, 3.05) is 18.1 Å². The maximum absolute atomic E-state index is 11.7. The molecule has 0 atom stereocenters. The SMILES string of the molecule is CCOc1ccc(N(C(N)=O)c2ncn[nH]2)cc1OCC. The number of nitrogens with two attached hydrogens (primary N) is 1. The molecule has 0 aliphatic heterocycles. The van der Waals surface area contributed by atoms with E-state index in [4.69, 9.17) is 15.2 Å². The predicted molar refractivity (Wildman–Crippen MR) is 76.9 cm³/mol. The molecule has 8 nitrogen and oxygen atoms in total. The van der Waals surface area contributed by atoms with Crippen LogP contribution >= 0.6 is 0 Å². The van der Waals surface area contributed by atoms with E-state index in [1.54, 1.807) is 18.2 Å². The maximum atomic E-state index is 11.7. The fraction of sp³-hybridized carbons (Fsp3) is 0.308. The molecule has 3 N–H and O–H groups in total.